The van der Waals surface area contributed by atoms with Crippen molar-refractivity contribution in [1.29, 1.82) is 0 Å². The second kappa shape index (κ2) is 9.62. The van der Waals surface area contributed by atoms with Crippen LogP contribution in [-0.4, -0.2) is 19.0 Å². The van der Waals surface area contributed by atoms with Crippen LogP contribution in [0.5, 0.6) is 17.2 Å². The number of hydrogen-bond donors (Lipinski definition) is 0. The number of carbonyl (C=O) groups is 2. The summed E-state index contributed by atoms with van der Waals surface area (Å²) in [4.78, 5) is 24.5. The minimum atomic E-state index is -0.440. The van der Waals surface area contributed by atoms with E-state index in [2.05, 4.69) is 0 Å². The van der Waals surface area contributed by atoms with E-state index < -0.39 is 11.9 Å². The van der Waals surface area contributed by atoms with Gasteiger partial charge in [0.05, 0.1) is 18.2 Å². The Labute approximate surface area is 185 Å². The predicted octanol–water partition coefficient (Wildman–Crippen LogP) is 5.80. The van der Waals surface area contributed by atoms with Crippen LogP contribution in [0.1, 0.15) is 20.7 Å². The molecule has 0 unspecified atom stereocenters. The van der Waals surface area contributed by atoms with Crippen molar-refractivity contribution in [2.75, 3.05) is 7.11 Å². The Hall–Kier alpha value is -4.38. The van der Waals surface area contributed by atoms with Gasteiger partial charge >= 0.3 is 11.9 Å². The van der Waals surface area contributed by atoms with Crippen molar-refractivity contribution < 1.29 is 23.8 Å². The summed E-state index contributed by atoms with van der Waals surface area (Å²) in [6, 6.07) is 30.0. The van der Waals surface area contributed by atoms with Gasteiger partial charge in [0.1, 0.15) is 17.2 Å². The largest absolute Gasteiger partial charge is 0.497 e. The lowest BCUT2D eigenvalue weighted by Gasteiger charge is -2.08. The van der Waals surface area contributed by atoms with Gasteiger partial charge in [0.25, 0.3) is 0 Å². The van der Waals surface area contributed by atoms with E-state index in [4.69, 9.17) is 14.2 Å². The van der Waals surface area contributed by atoms with Crippen molar-refractivity contribution in [3.8, 4) is 28.4 Å². The van der Waals surface area contributed by atoms with Gasteiger partial charge in [-0.1, -0.05) is 42.5 Å². The van der Waals surface area contributed by atoms with Crippen LogP contribution < -0.4 is 14.2 Å². The Morgan fingerprint density at radius 2 is 0.906 bits per heavy atom. The van der Waals surface area contributed by atoms with E-state index in [1.165, 1.54) is 0 Å². The standard InChI is InChI=1S/C27H20O5/c1-30-23-13-11-22(12-14-23)27(29)32-25-17-9-20(10-18-25)19-7-15-24(16-8-19)31-26(28)21-5-3-2-4-6-21/h2-18H,1H3. The van der Waals surface area contributed by atoms with Gasteiger partial charge in [0.15, 0.2) is 0 Å². The molecule has 0 amide bonds. The van der Waals surface area contributed by atoms with E-state index in [0.29, 0.717) is 28.4 Å². The first-order chi connectivity index (χ1) is 15.6. The van der Waals surface area contributed by atoms with Crippen LogP contribution in [0.25, 0.3) is 11.1 Å². The molecule has 0 atom stereocenters. The SMILES string of the molecule is COc1ccc(C(=O)Oc2ccc(-c3ccc(OC(=O)c4ccccc4)cc3)cc2)cc1. The van der Waals surface area contributed by atoms with Gasteiger partial charge in [0, 0.05) is 0 Å². The molecule has 4 rings (SSSR count). The highest BCUT2D eigenvalue weighted by atomic mass is 16.5. The van der Waals surface area contributed by atoms with Crippen LogP contribution in [0, 0.1) is 0 Å². The van der Waals surface area contributed by atoms with Crippen molar-refractivity contribution in [1.82, 2.24) is 0 Å². The maximum atomic E-state index is 12.3. The number of benzene rings is 4. The highest BCUT2D eigenvalue weighted by Crippen LogP contribution is 2.25. The number of carbonyl (C=O) groups excluding carboxylic acids is 2. The minimum Gasteiger partial charge on any atom is -0.497 e. The average molecular weight is 424 g/mol. The quantitative estimate of drug-likeness (QED) is 0.289. The first-order valence-electron chi connectivity index (χ1n) is 9.96. The zero-order valence-electron chi connectivity index (χ0n) is 17.4. The molecule has 0 aliphatic carbocycles. The fourth-order valence-electron chi connectivity index (χ4n) is 3.06. The van der Waals surface area contributed by atoms with Crippen LogP contribution in [0.4, 0.5) is 0 Å². The molecule has 0 N–H and O–H groups in total. The molecule has 0 spiro atoms. The van der Waals surface area contributed by atoms with E-state index in [1.807, 2.05) is 30.3 Å². The van der Waals surface area contributed by atoms with Crippen molar-refractivity contribution in [2.45, 2.75) is 0 Å². The molecule has 0 heterocycles. The highest BCUT2D eigenvalue weighted by molar-refractivity contribution is 5.91. The number of methoxy groups -OCH3 is 1. The zero-order chi connectivity index (χ0) is 22.3. The van der Waals surface area contributed by atoms with E-state index in [9.17, 15) is 9.59 Å². The third-order valence-corrected chi connectivity index (χ3v) is 4.80. The van der Waals surface area contributed by atoms with Crippen LogP contribution in [0.15, 0.2) is 103 Å². The molecule has 5 nitrogen and oxygen atoms in total. The lowest BCUT2D eigenvalue weighted by Crippen LogP contribution is -2.08. The van der Waals surface area contributed by atoms with E-state index in [-0.39, 0.29) is 0 Å². The molecule has 0 aromatic heterocycles. The fourth-order valence-corrected chi connectivity index (χ4v) is 3.06. The molecule has 0 aliphatic heterocycles. The molecule has 0 saturated carbocycles. The molecule has 0 fully saturated rings. The molecule has 4 aromatic carbocycles. The summed E-state index contributed by atoms with van der Waals surface area (Å²) in [6.07, 6.45) is 0. The van der Waals surface area contributed by atoms with Gasteiger partial charge in [-0.15, -0.1) is 0 Å². The molecule has 5 heteroatoms. The van der Waals surface area contributed by atoms with Crippen LogP contribution in [0.2, 0.25) is 0 Å². The molecule has 32 heavy (non-hydrogen) atoms. The van der Waals surface area contributed by atoms with Crippen LogP contribution in [0.3, 0.4) is 0 Å². The summed E-state index contributed by atoms with van der Waals surface area (Å²) in [5, 5.41) is 0. The average Bonchev–Trinajstić information content (AvgIpc) is 2.85. The van der Waals surface area contributed by atoms with E-state index >= 15 is 0 Å². The normalized spacial score (nSPS) is 10.3. The summed E-state index contributed by atoms with van der Waals surface area (Å²) in [7, 11) is 1.57. The Morgan fingerprint density at radius 1 is 0.500 bits per heavy atom. The molecule has 158 valence electrons. The van der Waals surface area contributed by atoms with Gasteiger partial charge in [-0.25, -0.2) is 9.59 Å². The maximum Gasteiger partial charge on any atom is 0.343 e. The van der Waals surface area contributed by atoms with Crippen LogP contribution >= 0.6 is 0 Å². The van der Waals surface area contributed by atoms with E-state index in [1.54, 1.807) is 79.9 Å². The topological polar surface area (TPSA) is 61.8 Å². The van der Waals surface area contributed by atoms with Crippen molar-refractivity contribution in [3.05, 3.63) is 114 Å². The first-order valence-corrected chi connectivity index (χ1v) is 9.96. The van der Waals surface area contributed by atoms with Crippen molar-refractivity contribution >= 4 is 11.9 Å². The summed E-state index contributed by atoms with van der Waals surface area (Å²) >= 11 is 0. The lowest BCUT2D eigenvalue weighted by atomic mass is 10.1. The Kier molecular flexibility index (Phi) is 6.28. The third-order valence-electron chi connectivity index (χ3n) is 4.80. The number of hydrogen-bond acceptors (Lipinski definition) is 5. The Bertz CT molecular complexity index is 1200. The molecule has 4 aromatic rings. The molecule has 0 radical (unpaired) electrons. The number of esters is 2. The molecular formula is C27H20O5. The molecular weight excluding hydrogens is 404 g/mol. The molecule has 0 bridgehead atoms. The summed E-state index contributed by atoms with van der Waals surface area (Å²) < 4.78 is 15.9. The zero-order valence-corrected chi connectivity index (χ0v) is 17.4. The maximum absolute atomic E-state index is 12.3. The predicted molar refractivity (Wildman–Crippen MR) is 121 cm³/mol. The van der Waals surface area contributed by atoms with Crippen molar-refractivity contribution in [3.63, 3.8) is 0 Å². The van der Waals surface area contributed by atoms with Crippen molar-refractivity contribution in [2.24, 2.45) is 0 Å². The smallest absolute Gasteiger partial charge is 0.343 e. The van der Waals surface area contributed by atoms with Crippen LogP contribution in [-0.2, 0) is 0 Å². The third kappa shape index (κ3) is 5.02. The fraction of sp³-hybridized carbons (Fsp3) is 0.0370. The lowest BCUT2D eigenvalue weighted by molar-refractivity contribution is 0.0725. The van der Waals surface area contributed by atoms with E-state index in [0.717, 1.165) is 11.1 Å². The minimum absolute atomic E-state index is 0.402. The summed E-state index contributed by atoms with van der Waals surface area (Å²) in [5.74, 6) is 0.744. The number of rotatable bonds is 6. The first kappa shape index (κ1) is 20.9. The molecule has 0 saturated heterocycles. The second-order valence-corrected chi connectivity index (χ2v) is 6.92. The van der Waals surface area contributed by atoms with Gasteiger partial charge < -0.3 is 14.2 Å². The number of ether oxygens (including phenoxy) is 3. The Morgan fingerprint density at radius 3 is 1.34 bits per heavy atom. The molecule has 0 aliphatic rings. The summed E-state index contributed by atoms with van der Waals surface area (Å²) in [5.41, 5.74) is 2.82. The highest BCUT2D eigenvalue weighted by Gasteiger charge is 2.10. The summed E-state index contributed by atoms with van der Waals surface area (Å²) in [6.45, 7) is 0. The van der Waals surface area contributed by atoms with Gasteiger partial charge in [-0.05, 0) is 71.8 Å². The van der Waals surface area contributed by atoms with Gasteiger partial charge in [0.2, 0.25) is 0 Å². The van der Waals surface area contributed by atoms with Gasteiger partial charge in [-0.3, -0.25) is 0 Å². The van der Waals surface area contributed by atoms with Gasteiger partial charge in [-0.2, -0.15) is 0 Å². The Balaban J connectivity index is 1.39. The monoisotopic (exact) mass is 424 g/mol. The second-order valence-electron chi connectivity index (χ2n) is 6.92.